The zero-order valence-electron chi connectivity index (χ0n) is 10.7. The molecule has 0 aromatic rings. The minimum absolute atomic E-state index is 0.0362. The van der Waals surface area contributed by atoms with E-state index < -0.39 is 11.9 Å². The predicted octanol–water partition coefficient (Wildman–Crippen LogP) is 1.89. The standard InChI is InChI=1S/C13H21NO3S/c1-18-11-7-3-6-10(11)14-12(15)8-4-2-5-9(8)13(16)17/h8-11H,2-7H2,1H3,(H,14,15)(H,16,17). The molecule has 0 heterocycles. The van der Waals surface area contributed by atoms with Crippen molar-refractivity contribution in [3.8, 4) is 0 Å². The average Bonchev–Trinajstić information content (AvgIpc) is 2.96. The second-order valence-electron chi connectivity index (χ2n) is 5.30. The van der Waals surface area contributed by atoms with Crippen molar-refractivity contribution in [2.24, 2.45) is 11.8 Å². The summed E-state index contributed by atoms with van der Waals surface area (Å²) in [6.07, 6.45) is 7.63. The number of carboxylic acid groups (broad SMARTS) is 1. The first-order chi connectivity index (χ1) is 8.63. The Hall–Kier alpha value is -0.710. The van der Waals surface area contributed by atoms with Gasteiger partial charge in [-0.05, 0) is 31.9 Å². The summed E-state index contributed by atoms with van der Waals surface area (Å²) in [5.41, 5.74) is 0. The fourth-order valence-corrected chi connectivity index (χ4v) is 4.17. The van der Waals surface area contributed by atoms with Crippen LogP contribution in [-0.2, 0) is 9.59 Å². The van der Waals surface area contributed by atoms with Gasteiger partial charge in [0.15, 0.2) is 0 Å². The van der Waals surface area contributed by atoms with E-state index in [1.54, 1.807) is 11.8 Å². The van der Waals surface area contributed by atoms with Crippen LogP contribution in [0.25, 0.3) is 0 Å². The molecule has 0 aromatic carbocycles. The monoisotopic (exact) mass is 271 g/mol. The topological polar surface area (TPSA) is 66.4 Å². The van der Waals surface area contributed by atoms with Gasteiger partial charge in [0.05, 0.1) is 11.8 Å². The number of carboxylic acids is 1. The number of thioether (sulfide) groups is 1. The summed E-state index contributed by atoms with van der Waals surface area (Å²) in [6, 6.07) is 0.238. The number of carbonyl (C=O) groups is 2. The molecule has 1 amide bonds. The molecule has 2 aliphatic carbocycles. The molecule has 2 fully saturated rings. The van der Waals surface area contributed by atoms with Crippen LogP contribution < -0.4 is 5.32 Å². The highest BCUT2D eigenvalue weighted by atomic mass is 32.2. The van der Waals surface area contributed by atoms with Crippen molar-refractivity contribution in [3.05, 3.63) is 0 Å². The number of hydrogen-bond acceptors (Lipinski definition) is 3. The van der Waals surface area contributed by atoms with E-state index in [1.807, 2.05) is 0 Å². The van der Waals surface area contributed by atoms with Gasteiger partial charge in [0.1, 0.15) is 0 Å². The quantitative estimate of drug-likeness (QED) is 0.819. The molecule has 2 rings (SSSR count). The Morgan fingerprint density at radius 2 is 1.78 bits per heavy atom. The van der Waals surface area contributed by atoms with E-state index in [-0.39, 0.29) is 17.9 Å². The molecule has 4 unspecified atom stereocenters. The maximum Gasteiger partial charge on any atom is 0.307 e. The van der Waals surface area contributed by atoms with Crippen LogP contribution in [-0.4, -0.2) is 34.5 Å². The van der Waals surface area contributed by atoms with E-state index in [0.717, 1.165) is 32.1 Å². The largest absolute Gasteiger partial charge is 0.481 e. The van der Waals surface area contributed by atoms with Gasteiger partial charge >= 0.3 is 5.97 Å². The average molecular weight is 271 g/mol. The molecule has 4 atom stereocenters. The second kappa shape index (κ2) is 5.95. The van der Waals surface area contributed by atoms with Crippen LogP contribution in [0.1, 0.15) is 38.5 Å². The zero-order chi connectivity index (χ0) is 13.1. The molecule has 0 radical (unpaired) electrons. The molecule has 2 N–H and O–H groups in total. The summed E-state index contributed by atoms with van der Waals surface area (Å²) >= 11 is 1.80. The van der Waals surface area contributed by atoms with Gasteiger partial charge in [-0.1, -0.05) is 12.8 Å². The number of hydrogen-bond donors (Lipinski definition) is 2. The third kappa shape index (κ3) is 2.82. The van der Waals surface area contributed by atoms with Gasteiger partial charge < -0.3 is 10.4 Å². The number of nitrogens with one attached hydrogen (secondary N) is 1. The second-order valence-corrected chi connectivity index (χ2v) is 6.38. The maximum atomic E-state index is 12.2. The minimum atomic E-state index is -0.819. The molecule has 0 bridgehead atoms. The van der Waals surface area contributed by atoms with E-state index >= 15 is 0 Å². The Balaban J connectivity index is 1.93. The van der Waals surface area contributed by atoms with E-state index in [4.69, 9.17) is 5.11 Å². The number of amides is 1. The minimum Gasteiger partial charge on any atom is -0.481 e. The van der Waals surface area contributed by atoms with Crippen molar-refractivity contribution in [2.75, 3.05) is 6.26 Å². The molecule has 0 aliphatic heterocycles. The Kier molecular flexibility index (Phi) is 4.54. The molecule has 2 aliphatic rings. The first kappa shape index (κ1) is 13.7. The first-order valence-corrected chi connectivity index (χ1v) is 7.98. The van der Waals surface area contributed by atoms with Crippen LogP contribution in [0.4, 0.5) is 0 Å². The smallest absolute Gasteiger partial charge is 0.307 e. The molecular formula is C13H21NO3S. The van der Waals surface area contributed by atoms with E-state index in [1.165, 1.54) is 0 Å². The molecule has 2 saturated carbocycles. The fourth-order valence-electron chi connectivity index (χ4n) is 3.23. The lowest BCUT2D eigenvalue weighted by Gasteiger charge is -2.23. The van der Waals surface area contributed by atoms with E-state index in [0.29, 0.717) is 11.7 Å². The number of aliphatic carboxylic acids is 1. The van der Waals surface area contributed by atoms with Gasteiger partial charge in [-0.3, -0.25) is 9.59 Å². The SMILES string of the molecule is CSC1CCCC1NC(=O)C1CCCC1C(=O)O. The van der Waals surface area contributed by atoms with Crippen LogP contribution >= 0.6 is 11.8 Å². The van der Waals surface area contributed by atoms with Crippen LogP contribution in [0, 0.1) is 11.8 Å². The molecule has 5 heteroatoms. The summed E-state index contributed by atoms with van der Waals surface area (Å²) < 4.78 is 0. The normalized spacial score (nSPS) is 35.6. The van der Waals surface area contributed by atoms with Crippen molar-refractivity contribution in [1.29, 1.82) is 0 Å². The Morgan fingerprint density at radius 3 is 2.44 bits per heavy atom. The molecule has 0 aromatic heterocycles. The van der Waals surface area contributed by atoms with Gasteiger partial charge in [0.25, 0.3) is 0 Å². The highest BCUT2D eigenvalue weighted by molar-refractivity contribution is 7.99. The third-order valence-corrected chi connectivity index (χ3v) is 5.42. The number of rotatable bonds is 4. The molecule has 102 valence electrons. The molecule has 4 nitrogen and oxygen atoms in total. The molecule has 18 heavy (non-hydrogen) atoms. The molecule has 0 saturated heterocycles. The lowest BCUT2D eigenvalue weighted by atomic mass is 9.95. The van der Waals surface area contributed by atoms with E-state index in [9.17, 15) is 9.59 Å². The van der Waals surface area contributed by atoms with Crippen LogP contribution in [0.5, 0.6) is 0 Å². The first-order valence-electron chi connectivity index (χ1n) is 6.69. The number of carbonyl (C=O) groups excluding carboxylic acids is 1. The molecule has 0 spiro atoms. The van der Waals surface area contributed by atoms with Gasteiger partial charge in [0, 0.05) is 11.3 Å². The molecular weight excluding hydrogens is 250 g/mol. The van der Waals surface area contributed by atoms with Gasteiger partial charge in [-0.15, -0.1) is 0 Å². The Labute approximate surface area is 112 Å². The van der Waals surface area contributed by atoms with Crippen molar-refractivity contribution in [3.63, 3.8) is 0 Å². The van der Waals surface area contributed by atoms with E-state index in [2.05, 4.69) is 11.6 Å². The van der Waals surface area contributed by atoms with Crippen molar-refractivity contribution >= 4 is 23.6 Å². The summed E-state index contributed by atoms with van der Waals surface area (Å²) in [7, 11) is 0. The lowest BCUT2D eigenvalue weighted by Crippen LogP contribution is -2.43. The van der Waals surface area contributed by atoms with Gasteiger partial charge in [-0.2, -0.15) is 11.8 Å². The zero-order valence-corrected chi connectivity index (χ0v) is 11.5. The van der Waals surface area contributed by atoms with Crippen LogP contribution in [0.15, 0.2) is 0 Å². The van der Waals surface area contributed by atoms with Crippen LogP contribution in [0.3, 0.4) is 0 Å². The maximum absolute atomic E-state index is 12.2. The predicted molar refractivity (Wildman–Crippen MR) is 71.6 cm³/mol. The summed E-state index contributed by atoms with van der Waals surface area (Å²) in [4.78, 5) is 23.3. The lowest BCUT2D eigenvalue weighted by molar-refractivity contribution is -0.146. The summed E-state index contributed by atoms with van der Waals surface area (Å²) in [6.45, 7) is 0. The highest BCUT2D eigenvalue weighted by Crippen LogP contribution is 2.33. The van der Waals surface area contributed by atoms with Crippen molar-refractivity contribution < 1.29 is 14.7 Å². The summed E-state index contributed by atoms with van der Waals surface area (Å²) in [5.74, 6) is -1.64. The van der Waals surface area contributed by atoms with Crippen molar-refractivity contribution in [2.45, 2.75) is 49.8 Å². The fraction of sp³-hybridized carbons (Fsp3) is 0.846. The van der Waals surface area contributed by atoms with Crippen molar-refractivity contribution in [1.82, 2.24) is 5.32 Å². The Morgan fingerprint density at radius 1 is 1.11 bits per heavy atom. The Bertz CT molecular complexity index is 334. The third-order valence-electron chi connectivity index (χ3n) is 4.25. The summed E-state index contributed by atoms with van der Waals surface area (Å²) in [5, 5.41) is 12.7. The van der Waals surface area contributed by atoms with Gasteiger partial charge in [0.2, 0.25) is 5.91 Å². The van der Waals surface area contributed by atoms with Gasteiger partial charge in [-0.25, -0.2) is 0 Å². The highest BCUT2D eigenvalue weighted by Gasteiger charge is 2.39. The van der Waals surface area contributed by atoms with Crippen LogP contribution in [0.2, 0.25) is 0 Å².